The maximum atomic E-state index is 5.87. The molecule has 2 rings (SSSR count). The first-order valence-corrected chi connectivity index (χ1v) is 5.93. The van der Waals surface area contributed by atoms with Crippen LogP contribution < -0.4 is 0 Å². The number of benzene rings is 1. The van der Waals surface area contributed by atoms with Crippen molar-refractivity contribution in [2.24, 2.45) is 0 Å². The van der Waals surface area contributed by atoms with Gasteiger partial charge < -0.3 is 0 Å². The van der Waals surface area contributed by atoms with Crippen molar-refractivity contribution in [3.63, 3.8) is 0 Å². The molecule has 0 aliphatic carbocycles. The van der Waals surface area contributed by atoms with E-state index in [0.717, 1.165) is 10.6 Å². The molecule has 2 aromatic rings. The molecule has 1 heterocycles. The van der Waals surface area contributed by atoms with E-state index >= 15 is 0 Å². The van der Waals surface area contributed by atoms with E-state index in [0.29, 0.717) is 14.8 Å². The van der Waals surface area contributed by atoms with E-state index in [-0.39, 0.29) is 0 Å². The van der Waals surface area contributed by atoms with Crippen LogP contribution in [0.2, 0.25) is 10.0 Å². The van der Waals surface area contributed by atoms with Gasteiger partial charge in [0.25, 0.3) is 0 Å². The minimum Gasteiger partial charge on any atom is -0.209 e. The highest BCUT2D eigenvalue weighted by atomic mass is 79.9. The first kappa shape index (κ1) is 10.4. The molecule has 0 aliphatic rings. The van der Waals surface area contributed by atoms with Gasteiger partial charge in [0.15, 0.2) is 0 Å². The van der Waals surface area contributed by atoms with Gasteiger partial charge in [-0.2, -0.15) is 4.37 Å². The number of hydrogen-bond acceptors (Lipinski definition) is 3. The van der Waals surface area contributed by atoms with Crippen LogP contribution in [-0.4, -0.2) is 9.36 Å². The van der Waals surface area contributed by atoms with Crippen molar-refractivity contribution >= 4 is 50.7 Å². The quantitative estimate of drug-likeness (QED) is 0.786. The molecular weight excluding hydrogens is 307 g/mol. The smallest absolute Gasteiger partial charge is 0.209 e. The molecule has 0 fully saturated rings. The topological polar surface area (TPSA) is 25.8 Å². The zero-order valence-electron chi connectivity index (χ0n) is 6.67. The summed E-state index contributed by atoms with van der Waals surface area (Å²) in [6.07, 6.45) is 0. The molecule has 14 heavy (non-hydrogen) atoms. The lowest BCUT2D eigenvalue weighted by Crippen LogP contribution is -1.76. The molecule has 0 N–H and O–H groups in total. The predicted octanol–water partition coefficient (Wildman–Crippen LogP) is 4.27. The fourth-order valence-corrected chi connectivity index (χ4v) is 2.59. The average molecular weight is 310 g/mol. The molecule has 0 amide bonds. The molecule has 0 radical (unpaired) electrons. The van der Waals surface area contributed by atoms with Crippen LogP contribution in [0.25, 0.3) is 10.6 Å². The average Bonchev–Trinajstić information content (AvgIpc) is 2.50. The van der Waals surface area contributed by atoms with Gasteiger partial charge in [-0.1, -0.05) is 23.2 Å². The third-order valence-corrected chi connectivity index (χ3v) is 3.30. The van der Waals surface area contributed by atoms with Crippen LogP contribution >= 0.6 is 50.7 Å². The van der Waals surface area contributed by atoms with Crippen LogP contribution in [0.5, 0.6) is 0 Å². The summed E-state index contributed by atoms with van der Waals surface area (Å²) in [7, 11) is 0. The Morgan fingerprint density at radius 3 is 2.29 bits per heavy atom. The monoisotopic (exact) mass is 308 g/mol. The van der Waals surface area contributed by atoms with Gasteiger partial charge in [-0.15, -0.1) is 0 Å². The molecular formula is C8H3BrCl2N2S. The Kier molecular flexibility index (Phi) is 3.07. The zero-order chi connectivity index (χ0) is 10.1. The lowest BCUT2D eigenvalue weighted by molar-refractivity contribution is 1.26. The summed E-state index contributed by atoms with van der Waals surface area (Å²) in [5.74, 6) is 0. The van der Waals surface area contributed by atoms with E-state index in [9.17, 15) is 0 Å². The van der Waals surface area contributed by atoms with E-state index in [1.807, 2.05) is 0 Å². The SMILES string of the molecule is Clc1cc(Cl)cc(-c2nc(Br)ns2)c1. The summed E-state index contributed by atoms with van der Waals surface area (Å²) in [4.78, 5) is 4.17. The molecule has 0 unspecified atom stereocenters. The Morgan fingerprint density at radius 1 is 1.14 bits per heavy atom. The Hall–Kier alpha value is -0.160. The van der Waals surface area contributed by atoms with E-state index in [4.69, 9.17) is 23.2 Å². The molecule has 0 spiro atoms. The molecule has 72 valence electrons. The molecule has 0 saturated heterocycles. The Labute approximate surface area is 103 Å². The summed E-state index contributed by atoms with van der Waals surface area (Å²) in [5, 5.41) is 1.99. The second-order valence-electron chi connectivity index (χ2n) is 2.53. The van der Waals surface area contributed by atoms with Gasteiger partial charge in [-0.3, -0.25) is 0 Å². The maximum absolute atomic E-state index is 5.87. The third-order valence-electron chi connectivity index (χ3n) is 1.51. The lowest BCUT2D eigenvalue weighted by atomic mass is 10.2. The Morgan fingerprint density at radius 2 is 1.79 bits per heavy atom. The van der Waals surface area contributed by atoms with Crippen LogP contribution in [0.4, 0.5) is 0 Å². The molecule has 0 aliphatic heterocycles. The largest absolute Gasteiger partial charge is 0.209 e. The van der Waals surface area contributed by atoms with Crippen LogP contribution in [0.1, 0.15) is 0 Å². The van der Waals surface area contributed by atoms with E-state index < -0.39 is 0 Å². The number of halogens is 3. The minimum atomic E-state index is 0.577. The number of hydrogen-bond donors (Lipinski definition) is 0. The standard InChI is InChI=1S/C8H3BrCl2N2S/c9-8-12-7(14-13-8)4-1-5(10)3-6(11)2-4/h1-3H. The maximum Gasteiger partial charge on any atom is 0.209 e. The van der Waals surface area contributed by atoms with Crippen molar-refractivity contribution in [1.29, 1.82) is 0 Å². The normalized spacial score (nSPS) is 10.5. The Bertz CT molecular complexity index is 452. The molecule has 0 atom stereocenters. The fraction of sp³-hybridized carbons (Fsp3) is 0. The molecule has 0 bridgehead atoms. The van der Waals surface area contributed by atoms with Gasteiger partial charge in [0, 0.05) is 15.6 Å². The third kappa shape index (κ3) is 2.25. The molecule has 2 nitrogen and oxygen atoms in total. The van der Waals surface area contributed by atoms with Gasteiger partial charge in [-0.05, 0) is 45.7 Å². The summed E-state index contributed by atoms with van der Waals surface area (Å²) < 4.78 is 4.59. The van der Waals surface area contributed by atoms with Crippen molar-refractivity contribution in [3.05, 3.63) is 33.0 Å². The minimum absolute atomic E-state index is 0.577. The van der Waals surface area contributed by atoms with Crippen molar-refractivity contribution in [3.8, 4) is 10.6 Å². The molecule has 6 heteroatoms. The second kappa shape index (κ2) is 4.14. The number of rotatable bonds is 1. The van der Waals surface area contributed by atoms with Crippen molar-refractivity contribution in [2.75, 3.05) is 0 Å². The molecule has 1 aromatic heterocycles. The molecule has 1 aromatic carbocycles. The van der Waals surface area contributed by atoms with Crippen LogP contribution in [-0.2, 0) is 0 Å². The van der Waals surface area contributed by atoms with E-state index in [1.54, 1.807) is 18.2 Å². The summed E-state index contributed by atoms with van der Waals surface area (Å²) in [5.41, 5.74) is 0.880. The predicted molar refractivity (Wildman–Crippen MR) is 63.1 cm³/mol. The first-order chi connectivity index (χ1) is 6.65. The highest BCUT2D eigenvalue weighted by molar-refractivity contribution is 9.10. The number of nitrogens with zero attached hydrogens (tertiary/aromatic N) is 2. The molecule has 0 saturated carbocycles. The summed E-state index contributed by atoms with van der Waals surface area (Å²) in [6, 6.07) is 5.30. The van der Waals surface area contributed by atoms with Crippen LogP contribution in [0.15, 0.2) is 22.9 Å². The number of aromatic nitrogens is 2. The highest BCUT2D eigenvalue weighted by Crippen LogP contribution is 2.28. The first-order valence-electron chi connectivity index (χ1n) is 3.61. The van der Waals surface area contributed by atoms with Crippen molar-refractivity contribution < 1.29 is 0 Å². The Balaban J connectivity index is 2.51. The van der Waals surface area contributed by atoms with Gasteiger partial charge in [0.2, 0.25) is 4.73 Å². The van der Waals surface area contributed by atoms with E-state index in [2.05, 4.69) is 25.3 Å². The van der Waals surface area contributed by atoms with Crippen molar-refractivity contribution in [1.82, 2.24) is 9.36 Å². The lowest BCUT2D eigenvalue weighted by Gasteiger charge is -1.97. The summed E-state index contributed by atoms with van der Waals surface area (Å²) in [6.45, 7) is 0. The van der Waals surface area contributed by atoms with E-state index in [1.165, 1.54) is 11.5 Å². The van der Waals surface area contributed by atoms with Crippen LogP contribution in [0, 0.1) is 0 Å². The van der Waals surface area contributed by atoms with Gasteiger partial charge in [0.05, 0.1) is 0 Å². The second-order valence-corrected chi connectivity index (χ2v) is 4.86. The van der Waals surface area contributed by atoms with Gasteiger partial charge in [0.1, 0.15) is 5.01 Å². The fourth-order valence-electron chi connectivity index (χ4n) is 1.00. The van der Waals surface area contributed by atoms with Crippen LogP contribution in [0.3, 0.4) is 0 Å². The zero-order valence-corrected chi connectivity index (χ0v) is 10.6. The highest BCUT2D eigenvalue weighted by Gasteiger charge is 2.06. The van der Waals surface area contributed by atoms with Gasteiger partial charge in [-0.25, -0.2) is 4.98 Å². The van der Waals surface area contributed by atoms with Crippen molar-refractivity contribution in [2.45, 2.75) is 0 Å². The summed E-state index contributed by atoms with van der Waals surface area (Å²) >= 11 is 16.2. The van der Waals surface area contributed by atoms with Gasteiger partial charge >= 0.3 is 0 Å².